The van der Waals surface area contributed by atoms with Crippen molar-refractivity contribution in [2.45, 2.75) is 12.4 Å². The van der Waals surface area contributed by atoms with E-state index in [9.17, 15) is 31.5 Å². The van der Waals surface area contributed by atoms with Gasteiger partial charge in [-0.15, -0.1) is 0 Å². The van der Waals surface area contributed by atoms with E-state index in [-0.39, 0.29) is 16.7 Å². The summed E-state index contributed by atoms with van der Waals surface area (Å²) >= 11 is 5.58. The predicted octanol–water partition coefficient (Wildman–Crippen LogP) is 5.08. The maximum Gasteiger partial charge on any atom is 0.435 e. The molecule has 0 aliphatic heterocycles. The van der Waals surface area contributed by atoms with Gasteiger partial charge in [0.2, 0.25) is 0 Å². The van der Waals surface area contributed by atoms with Gasteiger partial charge >= 0.3 is 12.4 Å². The molecule has 0 saturated heterocycles. The fourth-order valence-electron chi connectivity index (χ4n) is 1.82. The van der Waals surface area contributed by atoms with Crippen molar-refractivity contribution in [3.05, 3.63) is 46.7 Å². The van der Waals surface area contributed by atoms with E-state index in [2.05, 4.69) is 0 Å². The molecule has 9 heteroatoms. The molecule has 21 heavy (non-hydrogen) atoms. The SMILES string of the molecule is On1c(C(F)(F)F)cc(-c2ccc(Cl)cc2)c1C(F)(F)F. The van der Waals surface area contributed by atoms with Gasteiger partial charge in [0.15, 0.2) is 11.4 Å². The maximum atomic E-state index is 12.9. The third kappa shape index (κ3) is 2.94. The molecule has 2 nitrogen and oxygen atoms in total. The first-order chi connectivity index (χ1) is 9.51. The van der Waals surface area contributed by atoms with Gasteiger partial charge in [0.05, 0.1) is 0 Å². The molecule has 0 aliphatic carbocycles. The van der Waals surface area contributed by atoms with E-state index in [1.54, 1.807) is 0 Å². The van der Waals surface area contributed by atoms with E-state index in [1.165, 1.54) is 12.1 Å². The number of aromatic nitrogens is 1. The number of hydrogen-bond acceptors (Lipinski definition) is 1. The summed E-state index contributed by atoms with van der Waals surface area (Å²) in [5, 5.41) is 9.46. The minimum Gasteiger partial charge on any atom is -0.428 e. The van der Waals surface area contributed by atoms with Crippen LogP contribution in [0.4, 0.5) is 26.3 Å². The van der Waals surface area contributed by atoms with Crippen LogP contribution in [0.1, 0.15) is 11.4 Å². The normalized spacial score (nSPS) is 12.7. The lowest BCUT2D eigenvalue weighted by Crippen LogP contribution is -2.18. The molecule has 0 aliphatic rings. The summed E-state index contributed by atoms with van der Waals surface area (Å²) in [6, 6.07) is 4.98. The van der Waals surface area contributed by atoms with Gasteiger partial charge in [0.25, 0.3) is 0 Å². The van der Waals surface area contributed by atoms with Crippen LogP contribution in [0.5, 0.6) is 0 Å². The van der Waals surface area contributed by atoms with Gasteiger partial charge in [0.1, 0.15) is 0 Å². The lowest BCUT2D eigenvalue weighted by atomic mass is 10.1. The van der Waals surface area contributed by atoms with Crippen LogP contribution >= 0.6 is 11.6 Å². The zero-order chi connectivity index (χ0) is 16.0. The van der Waals surface area contributed by atoms with Gasteiger partial charge in [-0.1, -0.05) is 23.7 Å². The second kappa shape index (κ2) is 4.87. The van der Waals surface area contributed by atoms with E-state index >= 15 is 0 Å². The molecule has 0 saturated carbocycles. The molecule has 1 aromatic carbocycles. The molecule has 0 radical (unpaired) electrons. The van der Waals surface area contributed by atoms with Crippen molar-refractivity contribution in [3.8, 4) is 11.1 Å². The molecule has 2 aromatic rings. The molecular weight excluding hydrogens is 324 g/mol. The largest absolute Gasteiger partial charge is 0.435 e. The molecule has 0 unspecified atom stereocenters. The summed E-state index contributed by atoms with van der Waals surface area (Å²) in [4.78, 5) is 0. The van der Waals surface area contributed by atoms with Gasteiger partial charge in [-0.3, -0.25) is 0 Å². The Morgan fingerprint density at radius 3 is 1.86 bits per heavy atom. The highest BCUT2D eigenvalue weighted by molar-refractivity contribution is 6.30. The molecule has 1 heterocycles. The van der Waals surface area contributed by atoms with Crippen LogP contribution in [0, 0.1) is 0 Å². The molecule has 1 N–H and O–H groups in total. The Hall–Kier alpha value is -1.83. The van der Waals surface area contributed by atoms with Gasteiger partial charge < -0.3 is 5.21 Å². The monoisotopic (exact) mass is 329 g/mol. The van der Waals surface area contributed by atoms with Crippen molar-refractivity contribution in [3.63, 3.8) is 0 Å². The standard InChI is InChI=1S/C12H6ClF6NO/c13-7-3-1-6(2-4-7)8-5-9(11(14,15)16)20(21)10(8)12(17,18)19/h1-5,21H. The summed E-state index contributed by atoms with van der Waals surface area (Å²) in [6.07, 6.45) is -10.3. The topological polar surface area (TPSA) is 25.2 Å². The van der Waals surface area contributed by atoms with E-state index in [1.807, 2.05) is 0 Å². The first-order valence-corrected chi connectivity index (χ1v) is 5.75. The minimum atomic E-state index is -5.16. The van der Waals surface area contributed by atoms with Crippen LogP contribution in [0.2, 0.25) is 5.02 Å². The summed E-state index contributed by atoms with van der Waals surface area (Å²) in [5.74, 6) is 0. The van der Waals surface area contributed by atoms with Crippen LogP contribution in [0.15, 0.2) is 30.3 Å². The van der Waals surface area contributed by atoms with Crippen molar-refractivity contribution in [1.82, 2.24) is 4.73 Å². The third-order valence-electron chi connectivity index (χ3n) is 2.69. The summed E-state index contributed by atoms with van der Waals surface area (Å²) in [5.41, 5.74) is -4.53. The molecule has 0 atom stereocenters. The fraction of sp³-hybridized carbons (Fsp3) is 0.167. The Labute approximate surface area is 119 Å². The van der Waals surface area contributed by atoms with Crippen LogP contribution < -0.4 is 0 Å². The van der Waals surface area contributed by atoms with Crippen LogP contribution in [-0.4, -0.2) is 9.94 Å². The zero-order valence-electron chi connectivity index (χ0n) is 9.93. The Morgan fingerprint density at radius 2 is 1.43 bits per heavy atom. The van der Waals surface area contributed by atoms with E-state index in [4.69, 9.17) is 11.6 Å². The highest BCUT2D eigenvalue weighted by Gasteiger charge is 2.45. The van der Waals surface area contributed by atoms with Crippen LogP contribution in [0.25, 0.3) is 11.1 Å². The van der Waals surface area contributed by atoms with E-state index in [0.717, 1.165) is 12.1 Å². The van der Waals surface area contributed by atoms with Crippen LogP contribution in [-0.2, 0) is 12.4 Å². The van der Waals surface area contributed by atoms with Crippen molar-refractivity contribution < 1.29 is 31.5 Å². The van der Waals surface area contributed by atoms with Crippen molar-refractivity contribution in [1.29, 1.82) is 0 Å². The molecule has 2 rings (SSSR count). The summed E-state index contributed by atoms with van der Waals surface area (Å²) < 4.78 is 75.7. The smallest absolute Gasteiger partial charge is 0.428 e. The number of halogens is 7. The van der Waals surface area contributed by atoms with Crippen molar-refractivity contribution >= 4 is 11.6 Å². The average Bonchev–Trinajstić information content (AvgIpc) is 2.67. The number of rotatable bonds is 1. The number of hydrogen-bond donors (Lipinski definition) is 1. The van der Waals surface area contributed by atoms with Crippen LogP contribution in [0.3, 0.4) is 0 Å². The van der Waals surface area contributed by atoms with Gasteiger partial charge in [-0.25, -0.2) is 0 Å². The Morgan fingerprint density at radius 1 is 0.905 bits per heavy atom. The predicted molar refractivity (Wildman–Crippen MR) is 62.1 cm³/mol. The highest BCUT2D eigenvalue weighted by atomic mass is 35.5. The van der Waals surface area contributed by atoms with Crippen molar-refractivity contribution in [2.75, 3.05) is 0 Å². The molecule has 0 amide bonds. The second-order valence-electron chi connectivity index (χ2n) is 4.11. The van der Waals surface area contributed by atoms with Gasteiger partial charge in [0, 0.05) is 10.6 Å². The lowest BCUT2D eigenvalue weighted by Gasteiger charge is -2.12. The van der Waals surface area contributed by atoms with Crippen molar-refractivity contribution in [2.24, 2.45) is 0 Å². The highest BCUT2D eigenvalue weighted by Crippen LogP contribution is 2.42. The Kier molecular flexibility index (Phi) is 3.61. The fourth-order valence-corrected chi connectivity index (χ4v) is 1.95. The number of nitrogens with zero attached hydrogens (tertiary/aromatic N) is 1. The molecule has 1 aromatic heterocycles. The number of benzene rings is 1. The average molecular weight is 330 g/mol. The quantitative estimate of drug-likeness (QED) is 0.572. The second-order valence-corrected chi connectivity index (χ2v) is 4.54. The van der Waals surface area contributed by atoms with E-state index < -0.39 is 34.0 Å². The van der Waals surface area contributed by atoms with Gasteiger partial charge in [-0.2, -0.15) is 31.1 Å². The summed E-state index contributed by atoms with van der Waals surface area (Å²) in [7, 11) is 0. The van der Waals surface area contributed by atoms with Gasteiger partial charge in [-0.05, 0) is 23.8 Å². The lowest BCUT2D eigenvalue weighted by molar-refractivity contribution is -0.165. The first kappa shape index (κ1) is 15.6. The Balaban J connectivity index is 2.73. The third-order valence-corrected chi connectivity index (χ3v) is 2.94. The first-order valence-electron chi connectivity index (χ1n) is 5.37. The minimum absolute atomic E-state index is 0.148. The Bertz CT molecular complexity index is 656. The molecule has 0 bridgehead atoms. The maximum absolute atomic E-state index is 12.9. The molecular formula is C12H6ClF6NO. The zero-order valence-corrected chi connectivity index (χ0v) is 10.7. The molecule has 0 fully saturated rings. The summed E-state index contributed by atoms with van der Waals surface area (Å²) in [6.45, 7) is 0. The molecule has 0 spiro atoms. The molecule has 114 valence electrons. The number of alkyl halides is 6. The van der Waals surface area contributed by atoms with E-state index in [0.29, 0.717) is 0 Å².